The summed E-state index contributed by atoms with van der Waals surface area (Å²) < 4.78 is 12.3. The van der Waals surface area contributed by atoms with Gasteiger partial charge < -0.3 is 19.3 Å². The Balaban J connectivity index is 1.44. The van der Waals surface area contributed by atoms with Crippen LogP contribution in [-0.4, -0.2) is 76.3 Å². The minimum Gasteiger partial charge on any atom is -0.481 e. The van der Waals surface area contributed by atoms with E-state index in [0.29, 0.717) is 63.7 Å². The zero-order chi connectivity index (χ0) is 21.1. The van der Waals surface area contributed by atoms with Gasteiger partial charge in [-0.15, -0.1) is 0 Å². The number of carbonyl (C=O) groups is 2. The molecule has 2 aliphatic heterocycles. The SMILES string of the molecule is COc1ccc(C(=O)N2CCc3c(c(CCC(=O)N4CCOCC4)nn3C)C2)cn1. The standard InChI is InChI=1S/C21H27N5O4/c1-24-18-7-8-26(21(28)15-3-5-19(29-2)22-13-15)14-16(18)17(23-24)4-6-20(27)25-9-11-30-12-10-25/h3,5,13H,4,6-12,14H2,1-2H3. The topological polar surface area (TPSA) is 89.8 Å². The van der Waals surface area contributed by atoms with E-state index in [4.69, 9.17) is 9.47 Å². The summed E-state index contributed by atoms with van der Waals surface area (Å²) in [5.74, 6) is 0.549. The van der Waals surface area contributed by atoms with Crippen LogP contribution >= 0.6 is 0 Å². The van der Waals surface area contributed by atoms with Crippen LogP contribution in [0.1, 0.15) is 33.7 Å². The molecule has 2 aliphatic rings. The molecule has 0 radical (unpaired) electrons. The summed E-state index contributed by atoms with van der Waals surface area (Å²) in [5, 5.41) is 4.65. The molecule has 0 aromatic carbocycles. The normalized spacial score (nSPS) is 16.3. The van der Waals surface area contributed by atoms with Crippen LogP contribution in [0.2, 0.25) is 0 Å². The molecule has 0 aliphatic carbocycles. The number of carbonyl (C=O) groups excluding carboxylic acids is 2. The fourth-order valence-corrected chi connectivity index (χ4v) is 4.05. The Bertz CT molecular complexity index is 918. The van der Waals surface area contributed by atoms with Crippen LogP contribution in [0.25, 0.3) is 0 Å². The quantitative estimate of drug-likeness (QED) is 0.721. The number of hydrogen-bond acceptors (Lipinski definition) is 6. The predicted molar refractivity (Wildman–Crippen MR) is 108 cm³/mol. The molecule has 0 spiro atoms. The van der Waals surface area contributed by atoms with Crippen molar-refractivity contribution in [1.82, 2.24) is 24.6 Å². The molecule has 1 saturated heterocycles. The number of nitrogens with zero attached hydrogens (tertiary/aromatic N) is 5. The minimum absolute atomic E-state index is 0.0602. The molecule has 4 rings (SSSR count). The second-order valence-electron chi connectivity index (χ2n) is 7.55. The van der Waals surface area contributed by atoms with Gasteiger partial charge in [0.2, 0.25) is 11.8 Å². The van der Waals surface area contributed by atoms with Crippen molar-refractivity contribution in [3.8, 4) is 5.88 Å². The molecule has 2 aromatic rings. The maximum atomic E-state index is 12.9. The van der Waals surface area contributed by atoms with E-state index in [-0.39, 0.29) is 11.8 Å². The summed E-state index contributed by atoms with van der Waals surface area (Å²) in [5.41, 5.74) is 3.64. The summed E-state index contributed by atoms with van der Waals surface area (Å²) >= 11 is 0. The summed E-state index contributed by atoms with van der Waals surface area (Å²) in [4.78, 5) is 33.3. The van der Waals surface area contributed by atoms with Crippen LogP contribution < -0.4 is 4.74 Å². The molecule has 160 valence electrons. The fraction of sp³-hybridized carbons (Fsp3) is 0.524. The van der Waals surface area contributed by atoms with Crippen LogP contribution in [0.5, 0.6) is 5.88 Å². The first-order valence-electron chi connectivity index (χ1n) is 10.2. The molecular formula is C21H27N5O4. The van der Waals surface area contributed by atoms with Crippen LogP contribution in [0.3, 0.4) is 0 Å². The maximum Gasteiger partial charge on any atom is 0.255 e. The molecule has 9 heteroatoms. The molecule has 2 amide bonds. The number of methoxy groups -OCH3 is 1. The van der Waals surface area contributed by atoms with E-state index in [0.717, 1.165) is 23.4 Å². The highest BCUT2D eigenvalue weighted by Crippen LogP contribution is 2.25. The molecule has 0 saturated carbocycles. The van der Waals surface area contributed by atoms with Crippen molar-refractivity contribution in [1.29, 1.82) is 0 Å². The van der Waals surface area contributed by atoms with Crippen LogP contribution in [-0.2, 0) is 36.0 Å². The number of fused-ring (bicyclic) bond motifs is 1. The highest BCUT2D eigenvalue weighted by atomic mass is 16.5. The molecule has 0 N–H and O–H groups in total. The number of aryl methyl sites for hydroxylation is 2. The van der Waals surface area contributed by atoms with Gasteiger partial charge in [0.1, 0.15) is 0 Å². The van der Waals surface area contributed by atoms with Crippen molar-refractivity contribution in [2.75, 3.05) is 40.0 Å². The Kier molecular flexibility index (Phi) is 5.98. The zero-order valence-electron chi connectivity index (χ0n) is 17.5. The second-order valence-corrected chi connectivity index (χ2v) is 7.55. The van der Waals surface area contributed by atoms with Gasteiger partial charge in [-0.05, 0) is 6.07 Å². The van der Waals surface area contributed by atoms with Crippen molar-refractivity contribution < 1.29 is 19.1 Å². The Morgan fingerprint density at radius 2 is 1.97 bits per heavy atom. The van der Waals surface area contributed by atoms with Gasteiger partial charge in [-0.3, -0.25) is 14.3 Å². The Morgan fingerprint density at radius 1 is 1.17 bits per heavy atom. The van der Waals surface area contributed by atoms with Crippen LogP contribution in [0.4, 0.5) is 0 Å². The summed E-state index contributed by atoms with van der Waals surface area (Å²) in [6, 6.07) is 3.42. The van der Waals surface area contributed by atoms with E-state index in [1.54, 1.807) is 25.4 Å². The predicted octanol–water partition coefficient (Wildman–Crippen LogP) is 0.814. The molecule has 4 heterocycles. The van der Waals surface area contributed by atoms with Crippen molar-refractivity contribution in [2.24, 2.45) is 7.05 Å². The number of ether oxygens (including phenoxy) is 2. The van der Waals surface area contributed by atoms with Crippen molar-refractivity contribution in [3.63, 3.8) is 0 Å². The molecule has 0 bridgehead atoms. The van der Waals surface area contributed by atoms with Gasteiger partial charge in [0.05, 0.1) is 31.6 Å². The molecule has 9 nitrogen and oxygen atoms in total. The summed E-state index contributed by atoms with van der Waals surface area (Å²) in [6.07, 6.45) is 3.28. The van der Waals surface area contributed by atoms with Gasteiger partial charge in [-0.1, -0.05) is 0 Å². The summed E-state index contributed by atoms with van der Waals surface area (Å²) in [6.45, 7) is 3.62. The largest absolute Gasteiger partial charge is 0.481 e. The Labute approximate surface area is 175 Å². The van der Waals surface area contributed by atoms with Gasteiger partial charge in [0.25, 0.3) is 5.91 Å². The molecule has 30 heavy (non-hydrogen) atoms. The maximum absolute atomic E-state index is 12.9. The molecular weight excluding hydrogens is 386 g/mol. The Morgan fingerprint density at radius 3 is 2.67 bits per heavy atom. The van der Waals surface area contributed by atoms with E-state index in [2.05, 4.69) is 10.1 Å². The number of morpholine rings is 1. The fourth-order valence-electron chi connectivity index (χ4n) is 4.05. The lowest BCUT2D eigenvalue weighted by molar-refractivity contribution is -0.135. The lowest BCUT2D eigenvalue weighted by atomic mass is 10.0. The highest BCUT2D eigenvalue weighted by molar-refractivity contribution is 5.94. The average molecular weight is 413 g/mol. The van der Waals surface area contributed by atoms with Crippen molar-refractivity contribution >= 4 is 11.8 Å². The first-order chi connectivity index (χ1) is 14.6. The first-order valence-corrected chi connectivity index (χ1v) is 10.2. The van der Waals surface area contributed by atoms with E-state index >= 15 is 0 Å². The number of amides is 2. The van der Waals surface area contributed by atoms with Crippen LogP contribution in [0.15, 0.2) is 18.3 Å². The van der Waals surface area contributed by atoms with Gasteiger partial charge in [-0.25, -0.2) is 4.98 Å². The van der Waals surface area contributed by atoms with E-state index in [9.17, 15) is 9.59 Å². The number of aromatic nitrogens is 3. The molecule has 0 atom stereocenters. The van der Waals surface area contributed by atoms with E-state index in [1.807, 2.05) is 21.5 Å². The van der Waals surface area contributed by atoms with Crippen molar-refractivity contribution in [3.05, 3.63) is 40.8 Å². The molecule has 1 fully saturated rings. The lowest BCUT2D eigenvalue weighted by Gasteiger charge is -2.28. The van der Waals surface area contributed by atoms with Gasteiger partial charge in [0, 0.05) is 76.0 Å². The van der Waals surface area contributed by atoms with Crippen LogP contribution in [0, 0.1) is 0 Å². The number of rotatable bonds is 5. The monoisotopic (exact) mass is 413 g/mol. The van der Waals surface area contributed by atoms with Gasteiger partial charge >= 0.3 is 0 Å². The van der Waals surface area contributed by atoms with E-state index < -0.39 is 0 Å². The van der Waals surface area contributed by atoms with Gasteiger partial charge in [-0.2, -0.15) is 5.10 Å². The minimum atomic E-state index is -0.0602. The van der Waals surface area contributed by atoms with E-state index in [1.165, 1.54) is 0 Å². The molecule has 2 aromatic heterocycles. The number of hydrogen-bond donors (Lipinski definition) is 0. The third-order valence-electron chi connectivity index (χ3n) is 5.74. The molecule has 0 unspecified atom stereocenters. The van der Waals surface area contributed by atoms with Crippen molar-refractivity contribution in [2.45, 2.75) is 25.8 Å². The zero-order valence-corrected chi connectivity index (χ0v) is 17.5. The average Bonchev–Trinajstić information content (AvgIpc) is 3.12. The van der Waals surface area contributed by atoms with Gasteiger partial charge in [0.15, 0.2) is 0 Å². The first kappa shape index (κ1) is 20.3. The smallest absolute Gasteiger partial charge is 0.255 e. The summed E-state index contributed by atoms with van der Waals surface area (Å²) in [7, 11) is 3.47. The number of pyridine rings is 1. The third kappa shape index (κ3) is 4.16. The Hall–Kier alpha value is -2.94. The lowest BCUT2D eigenvalue weighted by Crippen LogP contribution is -2.40. The highest BCUT2D eigenvalue weighted by Gasteiger charge is 2.28. The third-order valence-corrected chi connectivity index (χ3v) is 5.74. The second kappa shape index (κ2) is 8.83.